The Kier molecular flexibility index (Phi) is 9.03. The highest BCUT2D eigenvalue weighted by molar-refractivity contribution is 5.98. The van der Waals surface area contributed by atoms with Crippen LogP contribution in [0.1, 0.15) is 63.4 Å². The third-order valence-electron chi connectivity index (χ3n) is 5.79. The molecule has 0 unspecified atom stereocenters. The number of aromatic nitrogens is 3. The number of fused-ring (bicyclic) bond motifs is 1. The summed E-state index contributed by atoms with van der Waals surface area (Å²) < 4.78 is 24.3. The van der Waals surface area contributed by atoms with E-state index in [0.29, 0.717) is 53.5 Å². The van der Waals surface area contributed by atoms with Crippen LogP contribution in [0.15, 0.2) is 18.3 Å². The van der Waals surface area contributed by atoms with Crippen molar-refractivity contribution in [3.63, 3.8) is 0 Å². The quantitative estimate of drug-likeness (QED) is 0.250. The van der Waals surface area contributed by atoms with Crippen LogP contribution in [0, 0.1) is 0 Å². The van der Waals surface area contributed by atoms with Gasteiger partial charge in [-0.05, 0) is 37.8 Å². The van der Waals surface area contributed by atoms with Gasteiger partial charge >= 0.3 is 0 Å². The van der Waals surface area contributed by atoms with E-state index in [0.717, 1.165) is 5.56 Å². The molecule has 0 bridgehead atoms. The second-order valence-corrected chi connectivity index (χ2v) is 9.72. The van der Waals surface area contributed by atoms with Crippen LogP contribution >= 0.6 is 0 Å². The lowest BCUT2D eigenvalue weighted by Gasteiger charge is -2.25. The number of anilines is 1. The summed E-state index contributed by atoms with van der Waals surface area (Å²) in [5, 5.41) is 0. The lowest BCUT2D eigenvalue weighted by Crippen LogP contribution is -2.18. The smallest absolute Gasteiger partial charge is 0.278 e. The number of carbonyl (C=O) groups is 2. The minimum Gasteiger partial charge on any atom is -0.493 e. The SMILES string of the molecule is CCOc1nc2cn(CC(=O)c3cc(OC)c(OCCCC(N)=O)c(C(C)(C)C)c3)c(N)c2nc1OCC. The predicted octanol–water partition coefficient (Wildman–Crippen LogP) is 3.64. The Bertz CT molecular complexity index is 1310. The second kappa shape index (κ2) is 12.0. The number of Topliss-reactive ketones (excluding diaryl/α,β-unsaturated/α-hetero) is 1. The van der Waals surface area contributed by atoms with Crippen LogP contribution in [-0.4, -0.2) is 53.2 Å². The molecule has 0 atom stereocenters. The van der Waals surface area contributed by atoms with Crippen LogP contribution < -0.4 is 30.4 Å². The van der Waals surface area contributed by atoms with Crippen LogP contribution in [0.3, 0.4) is 0 Å². The van der Waals surface area contributed by atoms with E-state index in [1.54, 1.807) is 16.8 Å². The number of primary amides is 1. The van der Waals surface area contributed by atoms with Crippen molar-refractivity contribution in [2.24, 2.45) is 5.73 Å². The van der Waals surface area contributed by atoms with Gasteiger partial charge in [-0.3, -0.25) is 9.59 Å². The Morgan fingerprint density at radius 1 is 1.03 bits per heavy atom. The zero-order valence-corrected chi connectivity index (χ0v) is 22.9. The maximum absolute atomic E-state index is 13.5. The molecule has 1 aromatic carbocycles. The molecule has 0 spiro atoms. The number of amides is 1. The van der Waals surface area contributed by atoms with E-state index < -0.39 is 0 Å². The standard InChI is InChI=1S/C27H37N5O6/c1-7-36-25-26(37-8-2)31-22-18(30-25)14-32(24(22)29)15-19(33)16-12-17(27(3,4)5)23(20(13-16)35-6)38-11-9-10-21(28)34/h12-14H,7-11,15,29H2,1-6H3,(H2,28,34). The highest BCUT2D eigenvalue weighted by Crippen LogP contribution is 2.40. The average Bonchev–Trinajstić information content (AvgIpc) is 3.15. The fraction of sp³-hybridized carbons (Fsp3) is 0.481. The van der Waals surface area contributed by atoms with Gasteiger partial charge < -0.3 is 35.0 Å². The zero-order chi connectivity index (χ0) is 28.0. The van der Waals surface area contributed by atoms with Crippen molar-refractivity contribution < 1.29 is 28.5 Å². The molecule has 0 saturated carbocycles. The van der Waals surface area contributed by atoms with Gasteiger partial charge in [-0.2, -0.15) is 0 Å². The van der Waals surface area contributed by atoms with Gasteiger partial charge in [0.25, 0.3) is 11.8 Å². The van der Waals surface area contributed by atoms with Crippen molar-refractivity contribution in [1.82, 2.24) is 14.5 Å². The highest BCUT2D eigenvalue weighted by Gasteiger charge is 2.26. The van der Waals surface area contributed by atoms with Gasteiger partial charge in [0.2, 0.25) is 5.91 Å². The average molecular weight is 528 g/mol. The number of ether oxygens (including phenoxy) is 4. The normalized spacial score (nSPS) is 11.4. The Balaban J connectivity index is 1.95. The van der Waals surface area contributed by atoms with Gasteiger partial charge in [-0.1, -0.05) is 20.8 Å². The number of nitrogens with two attached hydrogens (primary N) is 2. The molecule has 0 fully saturated rings. The van der Waals surface area contributed by atoms with Gasteiger partial charge in [-0.25, -0.2) is 9.97 Å². The molecular weight excluding hydrogens is 490 g/mol. The third kappa shape index (κ3) is 6.45. The van der Waals surface area contributed by atoms with Gasteiger partial charge in [0.1, 0.15) is 16.9 Å². The van der Waals surface area contributed by atoms with E-state index in [1.165, 1.54) is 7.11 Å². The number of nitrogens with zero attached hydrogens (tertiary/aromatic N) is 3. The number of carbonyl (C=O) groups excluding carboxylic acids is 2. The molecule has 0 saturated heterocycles. The minimum absolute atomic E-state index is 0.0383. The van der Waals surface area contributed by atoms with E-state index >= 15 is 0 Å². The molecule has 1 amide bonds. The van der Waals surface area contributed by atoms with Crippen LogP contribution in [0.5, 0.6) is 23.3 Å². The Morgan fingerprint density at radius 2 is 1.68 bits per heavy atom. The number of hydrogen-bond acceptors (Lipinski definition) is 9. The Labute approximate surface area is 222 Å². The maximum atomic E-state index is 13.5. The maximum Gasteiger partial charge on any atom is 0.278 e. The Hall–Kier alpha value is -4.02. The lowest BCUT2D eigenvalue weighted by atomic mass is 9.84. The minimum atomic E-state index is -0.386. The molecule has 2 heterocycles. The molecule has 206 valence electrons. The first kappa shape index (κ1) is 28.5. The molecule has 4 N–H and O–H groups in total. The van der Waals surface area contributed by atoms with Gasteiger partial charge in [0.05, 0.1) is 33.5 Å². The van der Waals surface area contributed by atoms with E-state index in [4.69, 9.17) is 30.4 Å². The van der Waals surface area contributed by atoms with Crippen molar-refractivity contribution in [1.29, 1.82) is 0 Å². The molecule has 0 aliphatic rings. The van der Waals surface area contributed by atoms with Gasteiger partial charge in [0, 0.05) is 23.7 Å². The molecule has 2 aromatic heterocycles. The predicted molar refractivity (Wildman–Crippen MR) is 144 cm³/mol. The number of rotatable bonds is 13. The number of ketones is 1. The summed E-state index contributed by atoms with van der Waals surface area (Å²) in [6.07, 6.45) is 2.37. The number of methoxy groups -OCH3 is 1. The summed E-state index contributed by atoms with van der Waals surface area (Å²) >= 11 is 0. The molecule has 11 heteroatoms. The molecule has 3 rings (SSSR count). The van der Waals surface area contributed by atoms with Crippen LogP contribution in [0.4, 0.5) is 5.82 Å². The molecule has 0 aliphatic carbocycles. The van der Waals surface area contributed by atoms with Crippen molar-refractivity contribution in [3.8, 4) is 23.3 Å². The fourth-order valence-electron chi connectivity index (χ4n) is 3.93. The van der Waals surface area contributed by atoms with Crippen LogP contribution in [0.25, 0.3) is 11.0 Å². The van der Waals surface area contributed by atoms with Crippen molar-refractivity contribution in [2.75, 3.05) is 32.7 Å². The summed E-state index contributed by atoms with van der Waals surface area (Å²) in [5.41, 5.74) is 13.4. The van der Waals surface area contributed by atoms with E-state index in [-0.39, 0.29) is 48.4 Å². The first-order valence-corrected chi connectivity index (χ1v) is 12.6. The lowest BCUT2D eigenvalue weighted by molar-refractivity contribution is -0.118. The van der Waals surface area contributed by atoms with Gasteiger partial charge in [-0.15, -0.1) is 0 Å². The fourth-order valence-corrected chi connectivity index (χ4v) is 3.93. The van der Waals surface area contributed by atoms with Crippen LogP contribution in [0.2, 0.25) is 0 Å². The molecule has 11 nitrogen and oxygen atoms in total. The van der Waals surface area contributed by atoms with Crippen LogP contribution in [-0.2, 0) is 16.8 Å². The summed E-state index contributed by atoms with van der Waals surface area (Å²) in [5.74, 6) is 1.21. The molecule has 0 radical (unpaired) electrons. The largest absolute Gasteiger partial charge is 0.493 e. The zero-order valence-electron chi connectivity index (χ0n) is 22.9. The van der Waals surface area contributed by atoms with Crippen molar-refractivity contribution in [3.05, 3.63) is 29.5 Å². The first-order chi connectivity index (χ1) is 18.0. The molecule has 38 heavy (non-hydrogen) atoms. The number of benzene rings is 1. The number of nitrogen functional groups attached to an aromatic ring is 1. The van der Waals surface area contributed by atoms with Gasteiger partial charge in [0.15, 0.2) is 17.3 Å². The Morgan fingerprint density at radius 3 is 2.26 bits per heavy atom. The summed E-state index contributed by atoms with van der Waals surface area (Å²) in [6, 6.07) is 3.46. The summed E-state index contributed by atoms with van der Waals surface area (Å²) in [7, 11) is 1.52. The number of hydrogen-bond donors (Lipinski definition) is 2. The summed E-state index contributed by atoms with van der Waals surface area (Å²) in [6.45, 7) is 10.8. The van der Waals surface area contributed by atoms with Crippen molar-refractivity contribution >= 4 is 28.5 Å². The van der Waals surface area contributed by atoms with E-state index in [9.17, 15) is 9.59 Å². The molecule has 0 aliphatic heterocycles. The summed E-state index contributed by atoms with van der Waals surface area (Å²) in [4.78, 5) is 33.5. The molecule has 3 aromatic rings. The molecular formula is C27H37N5O6. The first-order valence-electron chi connectivity index (χ1n) is 12.6. The highest BCUT2D eigenvalue weighted by atomic mass is 16.5. The third-order valence-corrected chi connectivity index (χ3v) is 5.79. The van der Waals surface area contributed by atoms with Crippen molar-refractivity contribution in [2.45, 2.75) is 59.4 Å². The topological polar surface area (TPSA) is 154 Å². The van der Waals surface area contributed by atoms with E-state index in [2.05, 4.69) is 9.97 Å². The van der Waals surface area contributed by atoms with E-state index in [1.807, 2.05) is 40.7 Å². The monoisotopic (exact) mass is 527 g/mol. The second-order valence-electron chi connectivity index (χ2n) is 9.72.